The van der Waals surface area contributed by atoms with Gasteiger partial charge in [0.15, 0.2) is 0 Å². The van der Waals surface area contributed by atoms with Crippen LogP contribution in [0.1, 0.15) is 61.4 Å². The molecule has 0 bridgehead atoms. The molecule has 0 unspecified atom stereocenters. The van der Waals surface area contributed by atoms with E-state index in [-0.39, 0.29) is 11.7 Å². The van der Waals surface area contributed by atoms with Gasteiger partial charge in [-0.05, 0) is 32.1 Å². The highest BCUT2D eigenvalue weighted by atomic mass is 16.4. The average molecular weight is 292 g/mol. The van der Waals surface area contributed by atoms with Gasteiger partial charge in [-0.15, -0.1) is 5.10 Å². The number of carbonyl (C=O) groups excluding carboxylic acids is 1. The number of carboxylic acids is 1. The highest BCUT2D eigenvalue weighted by molar-refractivity contribution is 5.90. The Labute approximate surface area is 122 Å². The van der Waals surface area contributed by atoms with Crippen molar-refractivity contribution in [2.75, 3.05) is 13.1 Å². The lowest BCUT2D eigenvalue weighted by Crippen LogP contribution is -2.46. The summed E-state index contributed by atoms with van der Waals surface area (Å²) >= 11 is 0. The molecule has 0 atom stereocenters. The molecule has 7 heteroatoms. The van der Waals surface area contributed by atoms with Crippen LogP contribution in [0.25, 0.3) is 0 Å². The van der Waals surface area contributed by atoms with Crippen molar-refractivity contribution in [2.24, 2.45) is 5.41 Å². The second kappa shape index (κ2) is 5.13. The predicted molar refractivity (Wildman–Crippen MR) is 73.9 cm³/mol. The third-order valence-electron chi connectivity index (χ3n) is 4.80. The third kappa shape index (κ3) is 2.52. The van der Waals surface area contributed by atoms with Crippen molar-refractivity contribution in [3.05, 3.63) is 11.6 Å². The predicted octanol–water partition coefficient (Wildman–Crippen LogP) is 1.40. The molecule has 1 amide bonds. The summed E-state index contributed by atoms with van der Waals surface area (Å²) in [5.74, 6) is 0.472. The minimum Gasteiger partial charge on any atom is -0.481 e. The number of nitrogens with one attached hydrogen (secondary N) is 1. The average Bonchev–Trinajstić information content (AvgIpc) is 3.24. The van der Waals surface area contributed by atoms with Gasteiger partial charge in [-0.2, -0.15) is 0 Å². The van der Waals surface area contributed by atoms with Crippen LogP contribution in [0, 0.1) is 5.41 Å². The van der Waals surface area contributed by atoms with Crippen LogP contribution in [0.15, 0.2) is 0 Å². The zero-order valence-electron chi connectivity index (χ0n) is 12.1. The van der Waals surface area contributed by atoms with Crippen LogP contribution in [0.3, 0.4) is 0 Å². The highest BCUT2D eigenvalue weighted by Crippen LogP contribution is 2.38. The molecule has 7 nitrogen and oxygen atoms in total. The summed E-state index contributed by atoms with van der Waals surface area (Å²) in [4.78, 5) is 29.7. The van der Waals surface area contributed by atoms with E-state index >= 15 is 0 Å². The first kappa shape index (κ1) is 14.0. The summed E-state index contributed by atoms with van der Waals surface area (Å²) in [6.45, 7) is 2.79. The number of piperidine rings is 1. The lowest BCUT2D eigenvalue weighted by atomic mass is 9.76. The number of carboxylic acid groups (broad SMARTS) is 1. The maximum absolute atomic E-state index is 12.4. The molecular formula is C14H20N4O3. The van der Waals surface area contributed by atoms with E-state index in [0.717, 1.165) is 18.7 Å². The number of H-pyrrole nitrogens is 1. The van der Waals surface area contributed by atoms with Gasteiger partial charge >= 0.3 is 5.97 Å². The van der Waals surface area contributed by atoms with Crippen LogP contribution in [-0.4, -0.2) is 50.2 Å². The van der Waals surface area contributed by atoms with Gasteiger partial charge in [-0.25, -0.2) is 4.98 Å². The number of aliphatic carboxylic acids is 1. The largest absolute Gasteiger partial charge is 0.481 e. The monoisotopic (exact) mass is 292 g/mol. The van der Waals surface area contributed by atoms with Crippen LogP contribution in [0.2, 0.25) is 0 Å². The molecule has 3 rings (SSSR count). The molecule has 1 saturated carbocycles. The molecule has 21 heavy (non-hydrogen) atoms. The summed E-state index contributed by atoms with van der Waals surface area (Å²) in [6, 6.07) is 0. The van der Waals surface area contributed by atoms with E-state index in [1.54, 1.807) is 4.90 Å². The Bertz CT molecular complexity index is 556. The van der Waals surface area contributed by atoms with Crippen molar-refractivity contribution in [3.63, 3.8) is 0 Å². The molecule has 2 heterocycles. The lowest BCUT2D eigenvalue weighted by Gasteiger charge is -2.37. The van der Waals surface area contributed by atoms with Crippen LogP contribution in [0.5, 0.6) is 0 Å². The van der Waals surface area contributed by atoms with Gasteiger partial charge in [0, 0.05) is 19.0 Å². The van der Waals surface area contributed by atoms with Gasteiger partial charge in [0.2, 0.25) is 5.82 Å². The van der Waals surface area contributed by atoms with E-state index in [1.807, 2.05) is 6.92 Å². The highest BCUT2D eigenvalue weighted by Gasteiger charge is 2.41. The van der Waals surface area contributed by atoms with Gasteiger partial charge in [0.1, 0.15) is 5.82 Å². The van der Waals surface area contributed by atoms with Gasteiger partial charge in [-0.1, -0.05) is 6.92 Å². The fraction of sp³-hybridized carbons (Fsp3) is 0.714. The SMILES string of the molecule is CCC1(C(=O)O)CCN(C(=O)c2n[nH]c(C3CC3)n2)CC1. The normalized spacial score (nSPS) is 21.3. The fourth-order valence-electron chi connectivity index (χ4n) is 2.91. The fourth-order valence-corrected chi connectivity index (χ4v) is 2.91. The van der Waals surface area contributed by atoms with Crippen molar-refractivity contribution in [3.8, 4) is 0 Å². The molecule has 114 valence electrons. The summed E-state index contributed by atoms with van der Waals surface area (Å²) in [7, 11) is 0. The van der Waals surface area contributed by atoms with Crippen LogP contribution in [0.4, 0.5) is 0 Å². The maximum atomic E-state index is 12.4. The zero-order chi connectivity index (χ0) is 15.0. The van der Waals surface area contributed by atoms with Crippen molar-refractivity contribution in [1.29, 1.82) is 0 Å². The molecular weight excluding hydrogens is 272 g/mol. The Balaban J connectivity index is 1.65. The topological polar surface area (TPSA) is 99.2 Å². The molecule has 0 aromatic carbocycles. The first-order chi connectivity index (χ1) is 10.1. The van der Waals surface area contributed by atoms with Gasteiger partial charge in [0.05, 0.1) is 5.41 Å². The van der Waals surface area contributed by atoms with Crippen LogP contribution in [-0.2, 0) is 4.79 Å². The standard InChI is InChI=1S/C14H20N4O3/c1-2-14(13(20)21)5-7-18(8-6-14)12(19)11-15-10(16-17-11)9-3-4-9/h9H,2-8H2,1H3,(H,20,21)(H,15,16,17). The van der Waals surface area contributed by atoms with E-state index in [0.29, 0.717) is 38.3 Å². The Hall–Kier alpha value is -1.92. The van der Waals surface area contributed by atoms with Crippen LogP contribution >= 0.6 is 0 Å². The smallest absolute Gasteiger partial charge is 0.309 e. The Morgan fingerprint density at radius 2 is 2.05 bits per heavy atom. The zero-order valence-corrected chi connectivity index (χ0v) is 12.1. The first-order valence-corrected chi connectivity index (χ1v) is 7.51. The molecule has 2 N–H and O–H groups in total. The maximum Gasteiger partial charge on any atom is 0.309 e. The second-order valence-electron chi connectivity index (χ2n) is 6.05. The molecule has 1 saturated heterocycles. The number of rotatable bonds is 4. The molecule has 1 aliphatic carbocycles. The summed E-state index contributed by atoms with van der Waals surface area (Å²) in [6.07, 6.45) is 3.78. The number of likely N-dealkylation sites (tertiary alicyclic amines) is 1. The minimum atomic E-state index is -0.758. The Morgan fingerprint density at radius 1 is 1.38 bits per heavy atom. The van der Waals surface area contributed by atoms with E-state index in [4.69, 9.17) is 0 Å². The van der Waals surface area contributed by atoms with E-state index < -0.39 is 11.4 Å². The molecule has 0 radical (unpaired) electrons. The van der Waals surface area contributed by atoms with E-state index in [9.17, 15) is 14.7 Å². The van der Waals surface area contributed by atoms with E-state index in [2.05, 4.69) is 15.2 Å². The number of carbonyl (C=O) groups is 2. The Morgan fingerprint density at radius 3 is 2.57 bits per heavy atom. The summed E-state index contributed by atoms with van der Waals surface area (Å²) < 4.78 is 0. The minimum absolute atomic E-state index is 0.201. The van der Waals surface area contributed by atoms with Crippen molar-refractivity contribution in [1.82, 2.24) is 20.1 Å². The number of hydrogen-bond acceptors (Lipinski definition) is 4. The van der Waals surface area contributed by atoms with Crippen molar-refractivity contribution < 1.29 is 14.7 Å². The third-order valence-corrected chi connectivity index (χ3v) is 4.80. The molecule has 1 aromatic rings. The molecule has 0 spiro atoms. The number of nitrogens with zero attached hydrogens (tertiary/aromatic N) is 3. The Kier molecular flexibility index (Phi) is 3.43. The van der Waals surface area contributed by atoms with Gasteiger partial charge in [-0.3, -0.25) is 14.7 Å². The molecule has 2 aliphatic rings. The molecule has 1 aromatic heterocycles. The number of aromatic nitrogens is 3. The van der Waals surface area contributed by atoms with Crippen molar-refractivity contribution in [2.45, 2.75) is 44.9 Å². The number of amides is 1. The van der Waals surface area contributed by atoms with Gasteiger partial charge < -0.3 is 10.0 Å². The summed E-state index contributed by atoms with van der Waals surface area (Å²) in [5.41, 5.74) is -0.686. The second-order valence-corrected chi connectivity index (χ2v) is 6.05. The number of aromatic amines is 1. The summed E-state index contributed by atoms with van der Waals surface area (Å²) in [5, 5.41) is 16.2. The van der Waals surface area contributed by atoms with Gasteiger partial charge in [0.25, 0.3) is 5.91 Å². The first-order valence-electron chi connectivity index (χ1n) is 7.51. The quantitative estimate of drug-likeness (QED) is 0.873. The van der Waals surface area contributed by atoms with Crippen LogP contribution < -0.4 is 0 Å². The lowest BCUT2D eigenvalue weighted by molar-refractivity contribution is -0.152. The molecule has 2 fully saturated rings. The number of hydrogen-bond donors (Lipinski definition) is 2. The van der Waals surface area contributed by atoms with Crippen molar-refractivity contribution >= 4 is 11.9 Å². The van der Waals surface area contributed by atoms with E-state index in [1.165, 1.54) is 0 Å². The molecule has 1 aliphatic heterocycles.